The van der Waals surface area contributed by atoms with Crippen molar-refractivity contribution in [2.75, 3.05) is 17.7 Å². The number of hydrogen-bond donors (Lipinski definition) is 3. The van der Waals surface area contributed by atoms with E-state index in [1.807, 2.05) is 39.8 Å². The molecular formula is C29H37N7O4. The monoisotopic (exact) mass is 547 g/mol. The Bertz CT molecular complexity index is 1390. The normalized spacial score (nSPS) is 15.8. The third-order valence-electron chi connectivity index (χ3n) is 6.75. The number of aromatic nitrogens is 3. The van der Waals surface area contributed by atoms with Gasteiger partial charge in [0.2, 0.25) is 0 Å². The molecule has 1 aliphatic rings. The first kappa shape index (κ1) is 28.6. The van der Waals surface area contributed by atoms with E-state index in [4.69, 9.17) is 21.3 Å². The van der Waals surface area contributed by atoms with Crippen molar-refractivity contribution in [3.05, 3.63) is 65.2 Å². The summed E-state index contributed by atoms with van der Waals surface area (Å²) < 4.78 is 6.84. The number of likely N-dealkylation sites (tertiary alicyclic amines) is 1. The van der Waals surface area contributed by atoms with Gasteiger partial charge in [-0.05, 0) is 69.9 Å². The van der Waals surface area contributed by atoms with Crippen molar-refractivity contribution >= 4 is 23.7 Å². The largest absolute Gasteiger partial charge is 0.444 e. The Morgan fingerprint density at radius 1 is 1.10 bits per heavy atom. The van der Waals surface area contributed by atoms with Crippen LogP contribution in [0.25, 0.3) is 11.3 Å². The molecule has 1 fully saturated rings. The fraction of sp³-hybridized carbons (Fsp3) is 0.414. The predicted molar refractivity (Wildman–Crippen MR) is 152 cm³/mol. The molecular weight excluding hydrogens is 510 g/mol. The summed E-state index contributed by atoms with van der Waals surface area (Å²) in [6.45, 7) is 7.95. The third-order valence-corrected chi connectivity index (χ3v) is 6.75. The van der Waals surface area contributed by atoms with Gasteiger partial charge in [0.25, 0.3) is 11.8 Å². The number of benzene rings is 1. The Hall–Kier alpha value is -4.41. The summed E-state index contributed by atoms with van der Waals surface area (Å²) in [6.07, 6.45) is 5.25. The van der Waals surface area contributed by atoms with Crippen LogP contribution in [0.1, 0.15) is 91.7 Å². The van der Waals surface area contributed by atoms with Crippen LogP contribution in [0.15, 0.2) is 42.6 Å². The number of hydrogen-bond acceptors (Lipinski definition) is 7. The van der Waals surface area contributed by atoms with Gasteiger partial charge in [-0.25, -0.2) is 19.4 Å². The molecule has 1 saturated heterocycles. The summed E-state index contributed by atoms with van der Waals surface area (Å²) in [5, 5.41) is 2.80. The van der Waals surface area contributed by atoms with Crippen molar-refractivity contribution in [1.82, 2.24) is 19.5 Å². The average molecular weight is 548 g/mol. The minimum absolute atomic E-state index is 0.0150. The summed E-state index contributed by atoms with van der Waals surface area (Å²) >= 11 is 0. The molecule has 2 aromatic heterocycles. The lowest BCUT2D eigenvalue weighted by molar-refractivity contribution is 0.0153. The van der Waals surface area contributed by atoms with Gasteiger partial charge in [-0.2, -0.15) is 0 Å². The number of nitrogens with one attached hydrogen (secondary N) is 1. The summed E-state index contributed by atoms with van der Waals surface area (Å²) in [6, 6.07) is 9.86. The smallest absolute Gasteiger partial charge is 0.410 e. The number of nitrogens with zero attached hydrogens (tertiary/aromatic N) is 4. The van der Waals surface area contributed by atoms with Gasteiger partial charge >= 0.3 is 6.09 Å². The van der Waals surface area contributed by atoms with Crippen molar-refractivity contribution in [3.63, 3.8) is 0 Å². The number of amides is 3. The molecule has 0 aliphatic carbocycles. The number of nitrogens with two attached hydrogens (primary N) is 2. The van der Waals surface area contributed by atoms with Crippen molar-refractivity contribution in [2.24, 2.45) is 5.73 Å². The molecule has 3 aromatic rings. The number of primary amides is 1. The van der Waals surface area contributed by atoms with Crippen molar-refractivity contribution in [1.29, 1.82) is 0 Å². The van der Waals surface area contributed by atoms with Crippen molar-refractivity contribution in [2.45, 2.75) is 71.4 Å². The van der Waals surface area contributed by atoms with E-state index >= 15 is 0 Å². The van der Waals surface area contributed by atoms with Gasteiger partial charge in [-0.1, -0.05) is 31.9 Å². The van der Waals surface area contributed by atoms with Crippen LogP contribution in [0.2, 0.25) is 0 Å². The summed E-state index contributed by atoms with van der Waals surface area (Å²) in [7, 11) is 0. The van der Waals surface area contributed by atoms with Gasteiger partial charge in [0.05, 0.1) is 6.04 Å². The minimum atomic E-state index is -0.752. The number of rotatable bonds is 6. The quantitative estimate of drug-likeness (QED) is 0.385. The Balaban J connectivity index is 1.64. The third kappa shape index (κ3) is 6.41. The molecule has 11 heteroatoms. The van der Waals surface area contributed by atoms with Crippen LogP contribution in [-0.2, 0) is 11.2 Å². The molecule has 3 heterocycles. The van der Waals surface area contributed by atoms with Crippen LogP contribution in [0, 0.1) is 0 Å². The van der Waals surface area contributed by atoms with Gasteiger partial charge in [-0.15, -0.1) is 0 Å². The molecule has 1 atom stereocenters. The Labute approximate surface area is 233 Å². The fourth-order valence-corrected chi connectivity index (χ4v) is 4.77. The van der Waals surface area contributed by atoms with E-state index in [0.717, 1.165) is 31.2 Å². The van der Waals surface area contributed by atoms with Gasteiger partial charge in [0.1, 0.15) is 17.1 Å². The van der Waals surface area contributed by atoms with Gasteiger partial charge in [0, 0.05) is 23.9 Å². The first-order valence-corrected chi connectivity index (χ1v) is 13.5. The van der Waals surface area contributed by atoms with E-state index in [2.05, 4.69) is 10.3 Å². The number of imidazole rings is 1. The highest BCUT2D eigenvalue weighted by molar-refractivity contribution is 6.04. The fourth-order valence-electron chi connectivity index (χ4n) is 4.77. The zero-order chi connectivity index (χ0) is 29.0. The molecule has 212 valence electrons. The molecule has 3 amide bonds. The molecule has 4 rings (SSSR count). The van der Waals surface area contributed by atoms with Crippen LogP contribution < -0.4 is 16.9 Å². The van der Waals surface area contributed by atoms with E-state index in [1.165, 1.54) is 4.68 Å². The number of carbonyl (C=O) groups is 3. The van der Waals surface area contributed by atoms with E-state index in [9.17, 15) is 14.4 Å². The molecule has 0 bridgehead atoms. The van der Waals surface area contributed by atoms with Crippen molar-refractivity contribution < 1.29 is 19.1 Å². The standard InChI is InChI=1S/C29H37N7O4/c1-5-18-14-15-32-22(17-18)33-27(38)20-12-10-19(11-13-20)23-24(25(30)37)36(31)26(34-23)21-9-7-6-8-16-35(21)28(39)40-29(2,3)4/h10-15,17,21H,5-9,16,31H2,1-4H3,(H2,30,37)(H,32,33,38). The van der Waals surface area contributed by atoms with Crippen LogP contribution in [0.4, 0.5) is 10.6 Å². The first-order valence-electron chi connectivity index (χ1n) is 13.5. The van der Waals surface area contributed by atoms with E-state index < -0.39 is 23.6 Å². The molecule has 0 radical (unpaired) electrons. The molecule has 1 aromatic carbocycles. The highest BCUT2D eigenvalue weighted by Gasteiger charge is 2.35. The van der Waals surface area contributed by atoms with Crippen LogP contribution in [-0.4, -0.2) is 49.6 Å². The number of aryl methyl sites for hydroxylation is 1. The zero-order valence-corrected chi connectivity index (χ0v) is 23.4. The minimum Gasteiger partial charge on any atom is -0.444 e. The maximum atomic E-state index is 13.1. The van der Waals surface area contributed by atoms with E-state index in [0.29, 0.717) is 35.7 Å². The Morgan fingerprint density at radius 2 is 1.82 bits per heavy atom. The van der Waals surface area contributed by atoms with Crippen LogP contribution >= 0.6 is 0 Å². The molecule has 11 nitrogen and oxygen atoms in total. The maximum Gasteiger partial charge on any atom is 0.410 e. The number of anilines is 1. The van der Waals surface area contributed by atoms with E-state index in [-0.39, 0.29) is 17.3 Å². The SMILES string of the molecule is CCc1ccnc(NC(=O)c2ccc(-c3nc(C4CCCCCN4C(=O)OC(C)(C)C)n(N)c3C(N)=O)cc2)c1. The van der Waals surface area contributed by atoms with Crippen molar-refractivity contribution in [3.8, 4) is 11.3 Å². The van der Waals surface area contributed by atoms with Gasteiger partial charge in [-0.3, -0.25) is 14.5 Å². The molecule has 0 spiro atoms. The number of nitrogen functional groups attached to an aromatic ring is 1. The topological polar surface area (TPSA) is 158 Å². The first-order chi connectivity index (χ1) is 19.0. The van der Waals surface area contributed by atoms with Gasteiger partial charge < -0.3 is 21.6 Å². The van der Waals surface area contributed by atoms with Gasteiger partial charge in [0.15, 0.2) is 11.5 Å². The molecule has 1 aliphatic heterocycles. The van der Waals surface area contributed by atoms with Crippen LogP contribution in [0.3, 0.4) is 0 Å². The number of ether oxygens (including phenoxy) is 1. The average Bonchev–Trinajstić information content (AvgIpc) is 3.07. The second-order valence-electron chi connectivity index (χ2n) is 10.9. The predicted octanol–water partition coefficient (Wildman–Crippen LogP) is 4.42. The summed E-state index contributed by atoms with van der Waals surface area (Å²) in [5.41, 5.74) is 7.38. The molecule has 5 N–H and O–H groups in total. The lowest BCUT2D eigenvalue weighted by Crippen LogP contribution is -2.40. The zero-order valence-electron chi connectivity index (χ0n) is 23.4. The van der Waals surface area contributed by atoms with E-state index in [1.54, 1.807) is 35.4 Å². The highest BCUT2D eigenvalue weighted by Crippen LogP contribution is 2.34. The lowest BCUT2D eigenvalue weighted by Gasteiger charge is -2.31. The second kappa shape index (κ2) is 11.8. The summed E-state index contributed by atoms with van der Waals surface area (Å²) in [4.78, 5) is 49.0. The van der Waals surface area contributed by atoms with Crippen LogP contribution in [0.5, 0.6) is 0 Å². The molecule has 0 saturated carbocycles. The Morgan fingerprint density at radius 3 is 2.48 bits per heavy atom. The Kier molecular flexibility index (Phi) is 8.41. The summed E-state index contributed by atoms with van der Waals surface area (Å²) in [5.74, 6) is 6.15. The highest BCUT2D eigenvalue weighted by atomic mass is 16.6. The molecule has 40 heavy (non-hydrogen) atoms. The number of carbonyl (C=O) groups excluding carboxylic acids is 3. The number of pyridine rings is 1. The second-order valence-corrected chi connectivity index (χ2v) is 10.9. The lowest BCUT2D eigenvalue weighted by atomic mass is 10.1. The maximum absolute atomic E-state index is 13.1. The molecule has 1 unspecified atom stereocenters.